The van der Waals surface area contributed by atoms with Crippen LogP contribution in [0.5, 0.6) is 0 Å². The third-order valence-corrected chi connectivity index (χ3v) is 6.19. The Morgan fingerprint density at radius 2 is 1.83 bits per heavy atom. The maximum absolute atomic E-state index is 13.6. The Kier molecular flexibility index (Phi) is 4.47. The second kappa shape index (κ2) is 7.06. The van der Waals surface area contributed by atoms with Gasteiger partial charge in [-0.2, -0.15) is 0 Å². The van der Waals surface area contributed by atoms with E-state index >= 15 is 0 Å². The lowest BCUT2D eigenvalue weighted by atomic mass is 9.97. The van der Waals surface area contributed by atoms with Crippen molar-refractivity contribution in [3.8, 4) is 0 Å². The Labute approximate surface area is 173 Å². The molecule has 0 radical (unpaired) electrons. The van der Waals surface area contributed by atoms with Gasteiger partial charge in [0, 0.05) is 13.2 Å². The predicted octanol–water partition coefficient (Wildman–Crippen LogP) is 4.27. The van der Waals surface area contributed by atoms with E-state index in [1.165, 1.54) is 12.1 Å². The van der Waals surface area contributed by atoms with Crippen LogP contribution >= 0.6 is 0 Å². The Morgan fingerprint density at radius 1 is 1.10 bits per heavy atom. The van der Waals surface area contributed by atoms with Crippen LogP contribution in [0.4, 0.5) is 4.39 Å². The van der Waals surface area contributed by atoms with Crippen molar-refractivity contribution in [3.05, 3.63) is 80.5 Å². The number of carbonyl (C=O) groups is 1. The molecule has 1 aromatic heterocycles. The van der Waals surface area contributed by atoms with Crippen LogP contribution in [0.2, 0.25) is 0 Å². The highest BCUT2D eigenvalue weighted by atomic mass is 19.1. The summed E-state index contributed by atoms with van der Waals surface area (Å²) in [5.41, 5.74) is 3.16. The molecule has 3 aromatic rings. The molecule has 5 nitrogen and oxygen atoms in total. The minimum absolute atomic E-state index is 0.0723. The minimum atomic E-state index is -0.625. The van der Waals surface area contributed by atoms with Crippen molar-refractivity contribution in [2.75, 3.05) is 13.2 Å². The molecule has 30 heavy (non-hydrogen) atoms. The standard InChI is InChI=1S/C24H22FNO4/c1-13-10-18-19(11-14(13)2)30-23-20(22(18)27)21(15-5-7-16(25)8-6-15)26(24(23)28)12-17-4-3-9-29-17/h5-8,10-11,17,21H,3-4,9,12H2,1-2H3/t17-,21-/m1/s1. The molecule has 5 rings (SSSR count). The fourth-order valence-electron chi connectivity index (χ4n) is 4.46. The van der Waals surface area contributed by atoms with Gasteiger partial charge in [-0.15, -0.1) is 0 Å². The second-order valence-electron chi connectivity index (χ2n) is 8.15. The molecule has 1 fully saturated rings. The van der Waals surface area contributed by atoms with Gasteiger partial charge in [-0.1, -0.05) is 12.1 Å². The van der Waals surface area contributed by atoms with E-state index < -0.39 is 6.04 Å². The number of hydrogen-bond donors (Lipinski definition) is 0. The van der Waals surface area contributed by atoms with Gasteiger partial charge in [-0.25, -0.2) is 4.39 Å². The normalized spacial score (nSPS) is 20.9. The number of benzene rings is 2. The van der Waals surface area contributed by atoms with Crippen molar-refractivity contribution in [1.29, 1.82) is 0 Å². The maximum Gasteiger partial charge on any atom is 0.291 e. The monoisotopic (exact) mass is 407 g/mol. The highest BCUT2D eigenvalue weighted by Crippen LogP contribution is 2.39. The molecule has 0 bridgehead atoms. The first-order valence-corrected chi connectivity index (χ1v) is 10.2. The van der Waals surface area contributed by atoms with E-state index in [9.17, 15) is 14.0 Å². The third kappa shape index (κ3) is 2.94. The minimum Gasteiger partial charge on any atom is -0.450 e. The summed E-state index contributed by atoms with van der Waals surface area (Å²) < 4.78 is 25.3. The number of rotatable bonds is 3. The first-order chi connectivity index (χ1) is 14.4. The van der Waals surface area contributed by atoms with Crippen molar-refractivity contribution in [2.24, 2.45) is 0 Å². The van der Waals surface area contributed by atoms with Crippen LogP contribution in [0.3, 0.4) is 0 Å². The smallest absolute Gasteiger partial charge is 0.291 e. The number of aryl methyl sites for hydroxylation is 2. The summed E-state index contributed by atoms with van der Waals surface area (Å²) in [5.74, 6) is -0.624. The Morgan fingerprint density at radius 3 is 2.53 bits per heavy atom. The van der Waals surface area contributed by atoms with Crippen LogP contribution in [-0.2, 0) is 4.74 Å². The summed E-state index contributed by atoms with van der Waals surface area (Å²) in [6.07, 6.45) is 1.72. The molecule has 0 unspecified atom stereocenters. The van der Waals surface area contributed by atoms with Crippen LogP contribution in [0, 0.1) is 19.7 Å². The van der Waals surface area contributed by atoms with Gasteiger partial charge >= 0.3 is 0 Å². The summed E-state index contributed by atoms with van der Waals surface area (Å²) in [6, 6.07) is 8.92. The zero-order valence-corrected chi connectivity index (χ0v) is 16.9. The molecule has 0 spiro atoms. The van der Waals surface area contributed by atoms with Crippen molar-refractivity contribution in [2.45, 2.75) is 38.8 Å². The Hall–Kier alpha value is -2.99. The van der Waals surface area contributed by atoms with Gasteiger partial charge in [0.2, 0.25) is 5.76 Å². The van der Waals surface area contributed by atoms with Crippen LogP contribution in [0.15, 0.2) is 45.6 Å². The SMILES string of the molecule is Cc1cc2oc3c(c(=O)c2cc1C)[C@@H](c1ccc(F)cc1)N(C[C@H]1CCCO1)C3=O. The molecule has 0 N–H and O–H groups in total. The maximum atomic E-state index is 13.6. The lowest BCUT2D eigenvalue weighted by molar-refractivity contribution is 0.0486. The number of ether oxygens (including phenoxy) is 1. The topological polar surface area (TPSA) is 59.8 Å². The average molecular weight is 407 g/mol. The largest absolute Gasteiger partial charge is 0.450 e. The predicted molar refractivity (Wildman–Crippen MR) is 110 cm³/mol. The molecule has 0 aliphatic carbocycles. The zero-order valence-electron chi connectivity index (χ0n) is 16.9. The quantitative estimate of drug-likeness (QED) is 0.651. The molecule has 2 aliphatic rings. The molecule has 1 amide bonds. The Bertz CT molecular complexity index is 1210. The molecule has 2 aromatic carbocycles. The van der Waals surface area contributed by atoms with E-state index in [-0.39, 0.29) is 29.0 Å². The van der Waals surface area contributed by atoms with E-state index in [1.807, 2.05) is 19.9 Å². The van der Waals surface area contributed by atoms with Crippen molar-refractivity contribution in [3.63, 3.8) is 0 Å². The molecule has 2 aliphatic heterocycles. The highest BCUT2D eigenvalue weighted by molar-refractivity contribution is 5.99. The fraction of sp³-hybridized carbons (Fsp3) is 0.333. The molecule has 1 saturated heterocycles. The molecule has 2 atom stereocenters. The van der Waals surface area contributed by atoms with Crippen molar-refractivity contribution < 1.29 is 18.3 Å². The zero-order chi connectivity index (χ0) is 21.0. The summed E-state index contributed by atoms with van der Waals surface area (Å²) >= 11 is 0. The molecular weight excluding hydrogens is 385 g/mol. The van der Waals surface area contributed by atoms with Gasteiger partial charge in [0.15, 0.2) is 5.43 Å². The molecule has 3 heterocycles. The summed E-state index contributed by atoms with van der Waals surface area (Å²) in [5, 5.41) is 0.454. The van der Waals surface area contributed by atoms with E-state index in [1.54, 1.807) is 23.1 Å². The van der Waals surface area contributed by atoms with E-state index in [0.717, 1.165) is 24.0 Å². The van der Waals surface area contributed by atoms with Gasteiger partial charge in [-0.05, 0) is 67.6 Å². The molecule has 154 valence electrons. The average Bonchev–Trinajstić information content (AvgIpc) is 3.33. The summed E-state index contributed by atoms with van der Waals surface area (Å²) in [6.45, 7) is 4.90. The van der Waals surface area contributed by atoms with Gasteiger partial charge < -0.3 is 14.1 Å². The van der Waals surface area contributed by atoms with Crippen LogP contribution in [0.25, 0.3) is 11.0 Å². The first-order valence-electron chi connectivity index (χ1n) is 10.2. The van der Waals surface area contributed by atoms with Crippen molar-refractivity contribution in [1.82, 2.24) is 4.90 Å². The number of nitrogens with zero attached hydrogens (tertiary/aromatic N) is 1. The fourth-order valence-corrected chi connectivity index (χ4v) is 4.46. The van der Waals surface area contributed by atoms with E-state index in [4.69, 9.17) is 9.15 Å². The lowest BCUT2D eigenvalue weighted by Crippen LogP contribution is -2.36. The third-order valence-electron chi connectivity index (χ3n) is 6.19. The van der Waals surface area contributed by atoms with E-state index in [2.05, 4.69) is 0 Å². The molecule has 6 heteroatoms. The van der Waals surface area contributed by atoms with Crippen LogP contribution in [0.1, 0.15) is 51.7 Å². The highest BCUT2D eigenvalue weighted by Gasteiger charge is 2.43. The number of fused-ring (bicyclic) bond motifs is 2. The number of halogens is 1. The lowest BCUT2D eigenvalue weighted by Gasteiger charge is -2.27. The second-order valence-corrected chi connectivity index (χ2v) is 8.15. The van der Waals surface area contributed by atoms with Gasteiger partial charge in [0.05, 0.1) is 23.1 Å². The summed E-state index contributed by atoms with van der Waals surface area (Å²) in [7, 11) is 0. The van der Waals surface area contributed by atoms with Crippen LogP contribution in [-0.4, -0.2) is 30.1 Å². The van der Waals surface area contributed by atoms with Gasteiger partial charge in [0.25, 0.3) is 5.91 Å². The van der Waals surface area contributed by atoms with Gasteiger partial charge in [0.1, 0.15) is 11.4 Å². The molecule has 0 saturated carbocycles. The van der Waals surface area contributed by atoms with Crippen molar-refractivity contribution >= 4 is 16.9 Å². The van der Waals surface area contributed by atoms with E-state index in [0.29, 0.717) is 35.2 Å². The Balaban J connectivity index is 1.72. The van der Waals surface area contributed by atoms with Crippen LogP contribution < -0.4 is 5.43 Å². The number of amides is 1. The number of carbonyl (C=O) groups excluding carboxylic acids is 1. The molecular formula is C24H22FNO4. The first kappa shape index (κ1) is 19.0. The number of hydrogen-bond acceptors (Lipinski definition) is 4. The summed E-state index contributed by atoms with van der Waals surface area (Å²) in [4.78, 5) is 28.5. The van der Waals surface area contributed by atoms with Gasteiger partial charge in [-0.3, -0.25) is 9.59 Å².